The molecule has 4 heterocycles. The Morgan fingerprint density at radius 1 is 0.631 bits per heavy atom. The molecule has 8 rings (SSSR count). The normalized spacial score (nSPS) is 20.9. The lowest BCUT2D eigenvalue weighted by molar-refractivity contribution is -0.136. The molecule has 13 nitrogen and oxygen atoms in total. The fraction of sp³-hybridized carbons (Fsp3) is 0.615. The number of amides is 4. The zero-order valence-corrected chi connectivity index (χ0v) is 39.0. The average molecular weight is 893 g/mol. The third kappa shape index (κ3) is 11.3. The molecule has 2 saturated carbocycles. The molecule has 4 amide bonds. The van der Waals surface area contributed by atoms with Crippen LogP contribution < -0.4 is 10.6 Å². The maximum absolute atomic E-state index is 14.4. The van der Waals surface area contributed by atoms with Crippen LogP contribution in [0.4, 0.5) is 9.59 Å². The van der Waals surface area contributed by atoms with E-state index in [4.69, 9.17) is 9.47 Å². The first-order chi connectivity index (χ1) is 31.4. The molecule has 0 radical (unpaired) electrons. The highest BCUT2D eigenvalue weighted by molar-refractivity contribution is 5.88. The van der Waals surface area contributed by atoms with Crippen molar-refractivity contribution in [3.05, 3.63) is 72.1 Å². The van der Waals surface area contributed by atoms with Crippen LogP contribution in [0.15, 0.2) is 60.9 Å². The number of hydrogen-bond donors (Lipinski definition) is 3. The van der Waals surface area contributed by atoms with E-state index < -0.39 is 29.9 Å². The van der Waals surface area contributed by atoms with Gasteiger partial charge in [0.1, 0.15) is 17.7 Å². The van der Waals surface area contributed by atoms with Gasteiger partial charge in [-0.3, -0.25) is 9.59 Å². The molecular weight excluding hydrogens is 821 g/mol. The summed E-state index contributed by atoms with van der Waals surface area (Å²) < 4.78 is 16.5. The second-order valence-electron chi connectivity index (χ2n) is 20.3. The summed E-state index contributed by atoms with van der Waals surface area (Å²) in [6.45, 7) is 9.37. The van der Waals surface area contributed by atoms with Crippen molar-refractivity contribution in [3.63, 3.8) is 0 Å². The van der Waals surface area contributed by atoms with Gasteiger partial charge in [-0.2, -0.15) is 0 Å². The van der Waals surface area contributed by atoms with Crippen molar-refractivity contribution in [2.45, 2.75) is 166 Å². The number of benzene rings is 2. The molecule has 2 aromatic heterocycles. The lowest BCUT2D eigenvalue weighted by Crippen LogP contribution is -2.54. The standard InChI is InChI=1S/C52H72N6O7/c1-52(2,3)65-51(63)54-47(37-18-8-5-9-19-37)49(60)58-27-15-21-41(58)33-39-35-56(45-25-13-11-23-43(39)45)29-31-64-30-28-55-34-38(42-22-10-12-24-44(42)55)32-40-20-14-26-57(40)48(59)46(53-50(61)62)36-16-6-4-7-17-36/h10-13,22-25,34-37,40-41,46-47,53H,4-9,14-21,26-33H2,1-3H3,(H,54,63)(H,61,62). The molecule has 4 aliphatic rings. The smallest absolute Gasteiger partial charge is 0.408 e. The van der Waals surface area contributed by atoms with Crippen LogP contribution >= 0.6 is 0 Å². The fourth-order valence-corrected chi connectivity index (χ4v) is 11.6. The minimum absolute atomic E-state index is 0.0223. The van der Waals surface area contributed by atoms with Crippen molar-refractivity contribution in [2.75, 3.05) is 26.3 Å². The van der Waals surface area contributed by atoms with Gasteiger partial charge in [-0.05, 0) is 120 Å². The summed E-state index contributed by atoms with van der Waals surface area (Å²) in [7, 11) is 0. The molecule has 13 heteroatoms. The van der Waals surface area contributed by atoms with Crippen molar-refractivity contribution < 1.29 is 33.8 Å². The van der Waals surface area contributed by atoms with Crippen LogP contribution in [0, 0.1) is 11.8 Å². The van der Waals surface area contributed by atoms with Gasteiger partial charge in [-0.1, -0.05) is 74.9 Å². The molecular formula is C52H72N6O7. The Bertz CT molecular complexity index is 2270. The molecule has 352 valence electrons. The number of carbonyl (C=O) groups excluding carboxylic acids is 3. The van der Waals surface area contributed by atoms with Gasteiger partial charge in [0.05, 0.1) is 13.2 Å². The largest absolute Gasteiger partial charge is 0.465 e. The van der Waals surface area contributed by atoms with Gasteiger partial charge in [-0.25, -0.2) is 9.59 Å². The van der Waals surface area contributed by atoms with Gasteiger partial charge in [0.25, 0.3) is 0 Å². The van der Waals surface area contributed by atoms with E-state index in [0.29, 0.717) is 39.4 Å². The van der Waals surface area contributed by atoms with E-state index in [1.165, 1.54) is 28.3 Å². The number of hydrogen-bond acceptors (Lipinski definition) is 6. The quantitative estimate of drug-likeness (QED) is 0.0952. The van der Waals surface area contributed by atoms with Gasteiger partial charge < -0.3 is 44.1 Å². The number of nitrogens with one attached hydrogen (secondary N) is 2. The van der Waals surface area contributed by atoms with Crippen LogP contribution in [0.2, 0.25) is 0 Å². The van der Waals surface area contributed by atoms with Gasteiger partial charge >= 0.3 is 12.2 Å². The average Bonchev–Trinajstić information content (AvgIpc) is 4.11. The van der Waals surface area contributed by atoms with Gasteiger partial charge in [0.15, 0.2) is 0 Å². The van der Waals surface area contributed by atoms with Crippen LogP contribution in [0.3, 0.4) is 0 Å². The van der Waals surface area contributed by atoms with Gasteiger partial charge in [-0.15, -0.1) is 0 Å². The zero-order valence-electron chi connectivity index (χ0n) is 39.0. The Morgan fingerprint density at radius 2 is 1.08 bits per heavy atom. The number of carboxylic acid groups (broad SMARTS) is 1. The van der Waals surface area contributed by atoms with Crippen molar-refractivity contribution >= 4 is 45.8 Å². The molecule has 4 atom stereocenters. The zero-order chi connectivity index (χ0) is 45.5. The Labute approximate surface area is 384 Å². The summed E-state index contributed by atoms with van der Waals surface area (Å²) in [5, 5.41) is 17.7. The Balaban J connectivity index is 0.888. The summed E-state index contributed by atoms with van der Waals surface area (Å²) in [5.41, 5.74) is 4.06. The van der Waals surface area contributed by atoms with Crippen molar-refractivity contribution in [1.82, 2.24) is 29.6 Å². The molecule has 4 fully saturated rings. The number of aromatic nitrogens is 2. The summed E-state index contributed by atoms with van der Waals surface area (Å²) in [4.78, 5) is 57.3. The van der Waals surface area contributed by atoms with Crippen LogP contribution in [-0.2, 0) is 45.0 Å². The summed E-state index contributed by atoms with van der Waals surface area (Å²) in [6, 6.07) is 15.7. The van der Waals surface area contributed by atoms with E-state index in [0.717, 1.165) is 107 Å². The van der Waals surface area contributed by atoms with Crippen LogP contribution in [-0.4, -0.2) is 104 Å². The van der Waals surface area contributed by atoms with Crippen LogP contribution in [0.25, 0.3) is 21.8 Å². The van der Waals surface area contributed by atoms with Gasteiger partial charge in [0.2, 0.25) is 11.8 Å². The third-order valence-electron chi connectivity index (χ3n) is 14.7. The molecule has 2 saturated heterocycles. The second-order valence-corrected chi connectivity index (χ2v) is 20.3. The lowest BCUT2D eigenvalue weighted by Gasteiger charge is -2.35. The summed E-state index contributed by atoms with van der Waals surface area (Å²) in [5.74, 6) is 0.119. The Morgan fingerprint density at radius 3 is 1.52 bits per heavy atom. The first kappa shape index (κ1) is 46.5. The SMILES string of the molecule is CC(C)(C)OC(=O)NC(C(=O)N1CCCC1Cc1cn(CCOCCn2cc(CC3CCCN3C(=O)C(NC(=O)O)C3CCCCC3)c3ccccc32)c2ccccc12)C1CCCCC1. The first-order valence-electron chi connectivity index (χ1n) is 24.7. The molecule has 4 unspecified atom stereocenters. The predicted octanol–water partition coefficient (Wildman–Crippen LogP) is 9.07. The summed E-state index contributed by atoms with van der Waals surface area (Å²) >= 11 is 0. The van der Waals surface area contributed by atoms with E-state index >= 15 is 0 Å². The van der Waals surface area contributed by atoms with Crippen molar-refractivity contribution in [1.29, 1.82) is 0 Å². The molecule has 65 heavy (non-hydrogen) atoms. The van der Waals surface area contributed by atoms with Crippen molar-refractivity contribution in [2.24, 2.45) is 11.8 Å². The van der Waals surface area contributed by atoms with Crippen molar-refractivity contribution in [3.8, 4) is 0 Å². The van der Waals surface area contributed by atoms with E-state index in [1.807, 2.05) is 30.6 Å². The maximum atomic E-state index is 14.4. The minimum atomic E-state index is -1.13. The fourth-order valence-electron chi connectivity index (χ4n) is 11.6. The minimum Gasteiger partial charge on any atom is -0.465 e. The van der Waals surface area contributed by atoms with E-state index in [1.54, 1.807) is 0 Å². The van der Waals surface area contributed by atoms with Crippen LogP contribution in [0.1, 0.15) is 122 Å². The summed E-state index contributed by atoms with van der Waals surface area (Å²) in [6.07, 6.45) is 18.1. The highest BCUT2D eigenvalue weighted by atomic mass is 16.6. The third-order valence-corrected chi connectivity index (χ3v) is 14.7. The van der Waals surface area contributed by atoms with Crippen LogP contribution in [0.5, 0.6) is 0 Å². The molecule has 0 spiro atoms. The van der Waals surface area contributed by atoms with E-state index in [2.05, 4.69) is 80.7 Å². The highest BCUT2D eigenvalue weighted by Gasteiger charge is 2.40. The Kier molecular flexibility index (Phi) is 15.1. The maximum Gasteiger partial charge on any atom is 0.408 e. The monoisotopic (exact) mass is 893 g/mol. The number of fused-ring (bicyclic) bond motifs is 2. The van der Waals surface area contributed by atoms with E-state index in [-0.39, 0.29) is 35.7 Å². The number of ether oxygens (including phenoxy) is 2. The number of para-hydroxylation sites is 2. The van der Waals surface area contributed by atoms with Gasteiger partial charge in [0, 0.05) is 72.5 Å². The van der Waals surface area contributed by atoms with E-state index in [9.17, 15) is 24.3 Å². The topological polar surface area (TPSA) is 147 Å². The highest BCUT2D eigenvalue weighted by Crippen LogP contribution is 2.34. The molecule has 2 aromatic carbocycles. The molecule has 3 N–H and O–H groups in total. The number of alkyl carbamates (subject to hydrolysis) is 1. The number of likely N-dealkylation sites (tertiary alicyclic amines) is 2. The predicted molar refractivity (Wildman–Crippen MR) is 253 cm³/mol. The lowest BCUT2D eigenvalue weighted by atomic mass is 9.83. The second kappa shape index (κ2) is 21.1. The molecule has 2 aliphatic heterocycles. The first-order valence-corrected chi connectivity index (χ1v) is 24.7. The molecule has 0 bridgehead atoms. The number of nitrogens with zero attached hydrogens (tertiary/aromatic N) is 4. The molecule has 4 aromatic rings. The number of rotatable bonds is 16. The molecule has 2 aliphatic carbocycles. The number of carbonyl (C=O) groups is 4. The Hall–Kier alpha value is -5.04.